The number of amides is 1. The van der Waals surface area contributed by atoms with Gasteiger partial charge in [-0.15, -0.1) is 0 Å². The summed E-state index contributed by atoms with van der Waals surface area (Å²) in [6.45, 7) is 0. The molecule has 0 saturated heterocycles. The van der Waals surface area contributed by atoms with Crippen molar-refractivity contribution in [3.63, 3.8) is 0 Å². The molecule has 1 N–H and O–H groups in total. The van der Waals surface area contributed by atoms with E-state index in [4.69, 9.17) is 0 Å². The highest BCUT2D eigenvalue weighted by Crippen LogP contribution is 2.34. The topological polar surface area (TPSA) is 51.2 Å². The average molecular weight is 297 g/mol. The number of hydrogen-bond acceptors (Lipinski definition) is 3. The Morgan fingerprint density at radius 2 is 2.19 bits per heavy atom. The Labute approximate surface area is 95.9 Å². The molecule has 0 radical (unpaired) electrons. The summed E-state index contributed by atoms with van der Waals surface area (Å²) in [6.07, 6.45) is -5.89. The van der Waals surface area contributed by atoms with E-state index in [9.17, 15) is 18.0 Å². The molecule has 1 aromatic heterocycles. The van der Waals surface area contributed by atoms with Crippen LogP contribution in [0.15, 0.2) is 16.7 Å². The molecule has 86 valence electrons. The molecule has 0 fully saturated rings. The van der Waals surface area contributed by atoms with Crippen molar-refractivity contribution in [3.8, 4) is 5.75 Å². The number of carbonyl (C=O) groups excluding carboxylic acids is 1. The second kappa shape index (κ2) is 3.62. The fourth-order valence-corrected chi connectivity index (χ4v) is 1.49. The predicted molar refractivity (Wildman–Crippen MR) is 51.0 cm³/mol. The molecule has 0 spiro atoms. The highest BCUT2D eigenvalue weighted by Gasteiger charge is 2.49. The van der Waals surface area contributed by atoms with Gasteiger partial charge in [0.1, 0.15) is 0 Å². The smallest absolute Gasteiger partial charge is 0.434 e. The van der Waals surface area contributed by atoms with Gasteiger partial charge >= 0.3 is 6.18 Å². The number of halogens is 4. The molecule has 1 aliphatic rings. The summed E-state index contributed by atoms with van der Waals surface area (Å²) in [5.74, 6) is -1.40. The Kier molecular flexibility index (Phi) is 2.53. The number of anilines is 1. The van der Waals surface area contributed by atoms with Crippen LogP contribution in [0.2, 0.25) is 0 Å². The zero-order valence-electron chi connectivity index (χ0n) is 7.51. The van der Waals surface area contributed by atoms with Crippen LogP contribution < -0.4 is 10.1 Å². The van der Waals surface area contributed by atoms with Crippen molar-refractivity contribution >= 4 is 27.7 Å². The Hall–Kier alpha value is -1.31. The molecule has 1 aliphatic heterocycles. The van der Waals surface area contributed by atoms with Crippen molar-refractivity contribution in [1.82, 2.24) is 4.98 Å². The summed E-state index contributed by atoms with van der Waals surface area (Å²) in [7, 11) is 0. The van der Waals surface area contributed by atoms with Gasteiger partial charge in [-0.3, -0.25) is 4.79 Å². The van der Waals surface area contributed by atoms with Gasteiger partial charge in [0, 0.05) is 10.7 Å². The third-order valence-electron chi connectivity index (χ3n) is 1.84. The lowest BCUT2D eigenvalue weighted by atomic mass is 10.2. The molecular weight excluding hydrogens is 293 g/mol. The lowest BCUT2D eigenvalue weighted by Crippen LogP contribution is -2.47. The van der Waals surface area contributed by atoms with Crippen LogP contribution in [-0.4, -0.2) is 23.2 Å². The van der Waals surface area contributed by atoms with Crippen molar-refractivity contribution in [2.24, 2.45) is 0 Å². The number of carbonyl (C=O) groups is 1. The summed E-state index contributed by atoms with van der Waals surface area (Å²) in [4.78, 5) is 14.8. The van der Waals surface area contributed by atoms with Gasteiger partial charge in [-0.05, 0) is 22.0 Å². The summed E-state index contributed by atoms with van der Waals surface area (Å²) in [5, 5.41) is 2.03. The first-order chi connectivity index (χ1) is 7.38. The van der Waals surface area contributed by atoms with Gasteiger partial charge in [0.05, 0.1) is 0 Å². The van der Waals surface area contributed by atoms with Crippen molar-refractivity contribution in [2.75, 3.05) is 5.32 Å². The molecule has 0 aliphatic carbocycles. The van der Waals surface area contributed by atoms with Gasteiger partial charge in [-0.1, -0.05) is 0 Å². The summed E-state index contributed by atoms with van der Waals surface area (Å²) >= 11 is 3.04. The average Bonchev–Trinajstić information content (AvgIpc) is 2.16. The standard InChI is InChI=1S/C8H4BrF3N2O2/c9-3-1-4-6(13-2-3)14-7(15)5(16-4)8(10,11)12/h1-2,5H,(H,13,14,15). The number of nitrogens with one attached hydrogen (secondary N) is 1. The van der Waals surface area contributed by atoms with Gasteiger partial charge in [0.2, 0.25) is 0 Å². The van der Waals surface area contributed by atoms with Crippen LogP contribution in [-0.2, 0) is 4.79 Å². The largest absolute Gasteiger partial charge is 0.467 e. The van der Waals surface area contributed by atoms with Gasteiger partial charge in [0.25, 0.3) is 12.0 Å². The second-order valence-electron chi connectivity index (χ2n) is 3.03. The Morgan fingerprint density at radius 1 is 1.50 bits per heavy atom. The van der Waals surface area contributed by atoms with E-state index in [1.807, 2.05) is 5.32 Å². The fourth-order valence-electron chi connectivity index (χ4n) is 1.18. The van der Waals surface area contributed by atoms with E-state index in [1.54, 1.807) is 0 Å². The molecule has 1 unspecified atom stereocenters. The maximum atomic E-state index is 12.4. The molecular formula is C8H4BrF3N2O2. The lowest BCUT2D eigenvalue weighted by molar-refractivity contribution is -0.196. The summed E-state index contributed by atoms with van der Waals surface area (Å²) in [6, 6.07) is 1.31. The van der Waals surface area contributed by atoms with Gasteiger partial charge in [-0.25, -0.2) is 4.98 Å². The first-order valence-corrected chi connectivity index (χ1v) is 4.87. The number of pyridine rings is 1. The minimum atomic E-state index is -4.75. The van der Waals surface area contributed by atoms with Crippen LogP contribution in [0.25, 0.3) is 0 Å². The maximum absolute atomic E-state index is 12.4. The van der Waals surface area contributed by atoms with Crippen LogP contribution in [0.5, 0.6) is 5.75 Å². The molecule has 1 amide bonds. The number of fused-ring (bicyclic) bond motifs is 1. The van der Waals surface area contributed by atoms with Gasteiger partial charge < -0.3 is 10.1 Å². The van der Waals surface area contributed by atoms with Crippen LogP contribution in [0.4, 0.5) is 19.0 Å². The molecule has 1 aromatic rings. The number of alkyl halides is 3. The van der Waals surface area contributed by atoms with Crippen LogP contribution in [0.3, 0.4) is 0 Å². The molecule has 2 rings (SSSR count). The minimum absolute atomic E-state index is 0.0197. The SMILES string of the molecule is O=C1Nc2ncc(Br)cc2OC1C(F)(F)F. The van der Waals surface area contributed by atoms with Crippen molar-refractivity contribution in [2.45, 2.75) is 12.3 Å². The van der Waals surface area contributed by atoms with E-state index in [0.717, 1.165) is 0 Å². The molecule has 0 saturated carbocycles. The van der Waals surface area contributed by atoms with E-state index in [0.29, 0.717) is 4.47 Å². The maximum Gasteiger partial charge on any atom is 0.434 e. The third-order valence-corrected chi connectivity index (χ3v) is 2.27. The molecule has 16 heavy (non-hydrogen) atoms. The number of ether oxygens (including phenoxy) is 1. The van der Waals surface area contributed by atoms with E-state index in [2.05, 4.69) is 25.7 Å². The number of aromatic nitrogens is 1. The van der Waals surface area contributed by atoms with E-state index in [-0.39, 0.29) is 11.6 Å². The Morgan fingerprint density at radius 3 is 2.81 bits per heavy atom. The quantitative estimate of drug-likeness (QED) is 0.798. The molecule has 2 heterocycles. The first-order valence-electron chi connectivity index (χ1n) is 4.08. The normalized spacial score (nSPS) is 19.8. The Bertz CT molecular complexity index is 449. The van der Waals surface area contributed by atoms with Crippen molar-refractivity contribution in [1.29, 1.82) is 0 Å². The second-order valence-corrected chi connectivity index (χ2v) is 3.94. The first kappa shape index (κ1) is 11.2. The number of nitrogens with zero attached hydrogens (tertiary/aromatic N) is 1. The van der Waals surface area contributed by atoms with Crippen molar-refractivity contribution in [3.05, 3.63) is 16.7 Å². The van der Waals surface area contributed by atoms with Crippen LogP contribution in [0.1, 0.15) is 0 Å². The Balaban J connectivity index is 2.37. The molecule has 1 atom stereocenters. The van der Waals surface area contributed by atoms with E-state index >= 15 is 0 Å². The monoisotopic (exact) mass is 296 g/mol. The summed E-state index contributed by atoms with van der Waals surface area (Å²) < 4.78 is 42.1. The van der Waals surface area contributed by atoms with E-state index < -0.39 is 18.2 Å². The molecule has 4 nitrogen and oxygen atoms in total. The van der Waals surface area contributed by atoms with Gasteiger partial charge in [-0.2, -0.15) is 13.2 Å². The number of hydrogen-bond donors (Lipinski definition) is 1. The summed E-state index contributed by atoms with van der Waals surface area (Å²) in [5.41, 5.74) is 0. The number of rotatable bonds is 0. The van der Waals surface area contributed by atoms with E-state index in [1.165, 1.54) is 12.3 Å². The lowest BCUT2D eigenvalue weighted by Gasteiger charge is -2.26. The fraction of sp³-hybridized carbons (Fsp3) is 0.250. The highest BCUT2D eigenvalue weighted by atomic mass is 79.9. The molecule has 0 aromatic carbocycles. The molecule has 0 bridgehead atoms. The third kappa shape index (κ3) is 1.97. The minimum Gasteiger partial charge on any atom is -0.467 e. The zero-order chi connectivity index (χ0) is 11.9. The molecule has 8 heteroatoms. The highest BCUT2D eigenvalue weighted by molar-refractivity contribution is 9.10. The van der Waals surface area contributed by atoms with Gasteiger partial charge in [0.15, 0.2) is 11.6 Å². The van der Waals surface area contributed by atoms with Crippen molar-refractivity contribution < 1.29 is 22.7 Å². The van der Waals surface area contributed by atoms with Crippen LogP contribution in [0, 0.1) is 0 Å². The van der Waals surface area contributed by atoms with Crippen LogP contribution >= 0.6 is 15.9 Å². The zero-order valence-corrected chi connectivity index (χ0v) is 9.09. The predicted octanol–water partition coefficient (Wildman–Crippen LogP) is 2.11.